The van der Waals surface area contributed by atoms with E-state index in [9.17, 15) is 4.39 Å². The first-order valence-electron chi connectivity index (χ1n) is 5.71. The van der Waals surface area contributed by atoms with Gasteiger partial charge in [-0.25, -0.2) is 4.39 Å². The zero-order valence-corrected chi connectivity index (χ0v) is 10.3. The van der Waals surface area contributed by atoms with Crippen LogP contribution in [0.5, 0.6) is 0 Å². The molecule has 3 N–H and O–H groups in total. The molecule has 0 radical (unpaired) electrons. The monoisotopic (exact) mass is 238 g/mol. The summed E-state index contributed by atoms with van der Waals surface area (Å²) in [5.41, 5.74) is 6.56. The highest BCUT2D eigenvalue weighted by atomic mass is 19.1. The first-order valence-corrected chi connectivity index (χ1v) is 5.71. The summed E-state index contributed by atoms with van der Waals surface area (Å²) < 4.78 is 18.5. The van der Waals surface area contributed by atoms with Crippen molar-refractivity contribution in [3.63, 3.8) is 0 Å². The lowest BCUT2D eigenvalue weighted by Gasteiger charge is -2.10. The maximum absolute atomic E-state index is 13.0. The van der Waals surface area contributed by atoms with Crippen LogP contribution in [-0.2, 0) is 11.3 Å². The second-order valence-electron chi connectivity index (χ2n) is 4.45. The molecule has 0 aliphatic heterocycles. The Morgan fingerprint density at radius 1 is 1.47 bits per heavy atom. The van der Waals surface area contributed by atoms with Gasteiger partial charge in [-0.05, 0) is 30.0 Å². The molecule has 3 nitrogen and oxygen atoms in total. The molecule has 0 fully saturated rings. The average molecular weight is 238 g/mol. The Morgan fingerprint density at radius 2 is 2.18 bits per heavy atom. The van der Waals surface area contributed by atoms with Crippen LogP contribution in [-0.4, -0.2) is 12.4 Å². The summed E-state index contributed by atoms with van der Waals surface area (Å²) in [4.78, 5) is 0. The lowest BCUT2D eigenvalue weighted by Crippen LogP contribution is -2.15. The molecule has 0 unspecified atom stereocenters. The molecule has 0 saturated carbocycles. The van der Waals surface area contributed by atoms with Crippen LogP contribution in [0.3, 0.4) is 0 Å². The van der Waals surface area contributed by atoms with Gasteiger partial charge in [-0.2, -0.15) is 0 Å². The highest BCUT2D eigenvalue weighted by Gasteiger charge is 2.07. The van der Waals surface area contributed by atoms with Crippen molar-refractivity contribution in [1.82, 2.24) is 0 Å². The minimum atomic E-state index is -0.388. The summed E-state index contributed by atoms with van der Waals surface area (Å²) in [6, 6.07) is 4.23. The van der Waals surface area contributed by atoms with Crippen molar-refractivity contribution in [3.8, 4) is 0 Å². The van der Waals surface area contributed by atoms with Crippen molar-refractivity contribution in [2.75, 3.05) is 6.61 Å². The summed E-state index contributed by atoms with van der Waals surface area (Å²) in [5, 5.41) is 7.38. The lowest BCUT2D eigenvalue weighted by atomic mass is 10.1. The minimum Gasteiger partial charge on any atom is -0.384 e. The zero-order valence-electron chi connectivity index (χ0n) is 10.3. The van der Waals surface area contributed by atoms with Crippen LogP contribution in [0, 0.1) is 17.1 Å². The van der Waals surface area contributed by atoms with E-state index in [0.29, 0.717) is 24.7 Å². The molecule has 1 aromatic rings. The zero-order chi connectivity index (χ0) is 12.8. The van der Waals surface area contributed by atoms with E-state index in [1.54, 1.807) is 6.07 Å². The molecule has 0 heterocycles. The summed E-state index contributed by atoms with van der Waals surface area (Å²) in [7, 11) is 0. The van der Waals surface area contributed by atoms with Crippen molar-refractivity contribution in [1.29, 1.82) is 5.41 Å². The average Bonchev–Trinajstić information content (AvgIpc) is 2.25. The maximum atomic E-state index is 13.0. The number of amidine groups is 1. The molecule has 94 valence electrons. The van der Waals surface area contributed by atoms with Gasteiger partial charge in [0.2, 0.25) is 0 Å². The second kappa shape index (κ2) is 6.35. The summed E-state index contributed by atoms with van der Waals surface area (Å²) in [5.74, 6) is 0.0728. The molecule has 0 saturated heterocycles. The van der Waals surface area contributed by atoms with Crippen molar-refractivity contribution < 1.29 is 9.13 Å². The van der Waals surface area contributed by atoms with Gasteiger partial charge in [-0.15, -0.1) is 0 Å². The van der Waals surface area contributed by atoms with E-state index in [4.69, 9.17) is 15.9 Å². The highest BCUT2D eigenvalue weighted by Crippen LogP contribution is 2.12. The van der Waals surface area contributed by atoms with E-state index in [1.165, 1.54) is 12.1 Å². The summed E-state index contributed by atoms with van der Waals surface area (Å²) >= 11 is 0. The second-order valence-corrected chi connectivity index (χ2v) is 4.45. The molecule has 17 heavy (non-hydrogen) atoms. The van der Waals surface area contributed by atoms with E-state index < -0.39 is 0 Å². The number of nitrogens with two attached hydrogens (primary N) is 1. The van der Waals surface area contributed by atoms with Crippen molar-refractivity contribution in [2.45, 2.75) is 26.9 Å². The van der Waals surface area contributed by atoms with Gasteiger partial charge in [0.05, 0.1) is 6.61 Å². The topological polar surface area (TPSA) is 59.1 Å². The van der Waals surface area contributed by atoms with E-state index in [2.05, 4.69) is 13.8 Å². The fourth-order valence-electron chi connectivity index (χ4n) is 1.43. The van der Waals surface area contributed by atoms with Gasteiger partial charge < -0.3 is 10.5 Å². The van der Waals surface area contributed by atoms with Crippen LogP contribution >= 0.6 is 0 Å². The standard InChI is InChI=1S/C13H19FN2O/c1-9(2)5-6-17-8-10-3-4-11(14)7-12(10)13(15)16/h3-4,7,9H,5-6,8H2,1-2H3,(H3,15,16). The third-order valence-corrected chi connectivity index (χ3v) is 2.46. The van der Waals surface area contributed by atoms with Gasteiger partial charge in [0.1, 0.15) is 11.7 Å². The predicted octanol–water partition coefficient (Wildman–Crippen LogP) is 2.67. The molecule has 0 aliphatic rings. The van der Waals surface area contributed by atoms with E-state index >= 15 is 0 Å². The van der Waals surface area contributed by atoms with Gasteiger partial charge in [-0.1, -0.05) is 19.9 Å². The molecule has 0 bridgehead atoms. The molecule has 0 amide bonds. The Hall–Kier alpha value is -1.42. The summed E-state index contributed by atoms with van der Waals surface area (Å²) in [6.45, 7) is 5.28. The predicted molar refractivity (Wildman–Crippen MR) is 66.5 cm³/mol. The van der Waals surface area contributed by atoms with Crippen LogP contribution in [0.2, 0.25) is 0 Å². The lowest BCUT2D eigenvalue weighted by molar-refractivity contribution is 0.110. The van der Waals surface area contributed by atoms with E-state index in [-0.39, 0.29) is 11.7 Å². The summed E-state index contributed by atoms with van der Waals surface area (Å²) in [6.07, 6.45) is 0.983. The Morgan fingerprint density at radius 3 is 2.76 bits per heavy atom. The van der Waals surface area contributed by atoms with Crippen molar-refractivity contribution in [2.24, 2.45) is 11.7 Å². The van der Waals surface area contributed by atoms with Gasteiger partial charge >= 0.3 is 0 Å². The Balaban J connectivity index is 2.61. The van der Waals surface area contributed by atoms with Gasteiger partial charge in [0, 0.05) is 12.2 Å². The number of ether oxygens (including phenoxy) is 1. The normalized spacial score (nSPS) is 10.8. The van der Waals surface area contributed by atoms with Crippen molar-refractivity contribution >= 4 is 5.84 Å². The maximum Gasteiger partial charge on any atom is 0.123 e. The first kappa shape index (κ1) is 13.6. The van der Waals surface area contributed by atoms with E-state index in [1.807, 2.05) is 0 Å². The third kappa shape index (κ3) is 4.53. The van der Waals surface area contributed by atoms with Crippen LogP contribution in [0.1, 0.15) is 31.4 Å². The largest absolute Gasteiger partial charge is 0.384 e. The fourth-order valence-corrected chi connectivity index (χ4v) is 1.43. The number of rotatable bonds is 6. The van der Waals surface area contributed by atoms with Gasteiger partial charge in [-0.3, -0.25) is 5.41 Å². The van der Waals surface area contributed by atoms with Crippen LogP contribution in [0.15, 0.2) is 18.2 Å². The van der Waals surface area contributed by atoms with Crippen LogP contribution < -0.4 is 5.73 Å². The number of nitrogen functional groups attached to an aromatic ring is 1. The Labute approximate surface area is 101 Å². The molecule has 1 rings (SSSR count). The number of halogens is 1. The molecule has 4 heteroatoms. The Kier molecular flexibility index (Phi) is 5.10. The van der Waals surface area contributed by atoms with Crippen molar-refractivity contribution in [3.05, 3.63) is 35.1 Å². The van der Waals surface area contributed by atoms with Crippen LogP contribution in [0.25, 0.3) is 0 Å². The number of benzene rings is 1. The minimum absolute atomic E-state index is 0.132. The molecular formula is C13H19FN2O. The molecule has 0 aromatic heterocycles. The van der Waals surface area contributed by atoms with Gasteiger partial charge in [0.15, 0.2) is 0 Å². The molecule has 0 atom stereocenters. The molecule has 1 aromatic carbocycles. The molecule has 0 aliphatic carbocycles. The number of hydrogen-bond donors (Lipinski definition) is 2. The number of nitrogens with one attached hydrogen (secondary N) is 1. The smallest absolute Gasteiger partial charge is 0.123 e. The van der Waals surface area contributed by atoms with E-state index in [0.717, 1.165) is 12.0 Å². The van der Waals surface area contributed by atoms with Gasteiger partial charge in [0.25, 0.3) is 0 Å². The quantitative estimate of drug-likeness (QED) is 0.455. The van der Waals surface area contributed by atoms with Crippen LogP contribution in [0.4, 0.5) is 4.39 Å². The fraction of sp³-hybridized carbons (Fsp3) is 0.462. The SMILES string of the molecule is CC(C)CCOCc1ccc(F)cc1C(=N)N. The first-order chi connectivity index (χ1) is 8.00. The highest BCUT2D eigenvalue weighted by molar-refractivity contribution is 5.96. The Bertz CT molecular complexity index is 391. The molecular weight excluding hydrogens is 219 g/mol. The number of hydrogen-bond acceptors (Lipinski definition) is 2. The molecule has 0 spiro atoms. The third-order valence-electron chi connectivity index (χ3n) is 2.46.